The molecule has 122 valence electrons. The summed E-state index contributed by atoms with van der Waals surface area (Å²) in [6.45, 7) is 3.59. The first-order valence-corrected chi connectivity index (χ1v) is 7.95. The van der Waals surface area contributed by atoms with Crippen LogP contribution in [0.15, 0.2) is 30.7 Å². The van der Waals surface area contributed by atoms with Crippen LogP contribution >= 0.6 is 0 Å². The Morgan fingerprint density at radius 3 is 2.74 bits per heavy atom. The summed E-state index contributed by atoms with van der Waals surface area (Å²) in [5.74, 6) is 0.947. The van der Waals surface area contributed by atoms with E-state index in [-0.39, 0.29) is 11.9 Å². The van der Waals surface area contributed by atoms with E-state index in [9.17, 15) is 4.79 Å². The summed E-state index contributed by atoms with van der Waals surface area (Å²) < 4.78 is 1.93. The quantitative estimate of drug-likeness (QED) is 0.916. The predicted octanol–water partition coefficient (Wildman–Crippen LogP) is 1.17. The van der Waals surface area contributed by atoms with Gasteiger partial charge in [-0.25, -0.2) is 0 Å². The van der Waals surface area contributed by atoms with Crippen molar-refractivity contribution in [1.82, 2.24) is 30.0 Å². The van der Waals surface area contributed by atoms with Gasteiger partial charge in [-0.2, -0.15) is 0 Å². The van der Waals surface area contributed by atoms with E-state index in [0.717, 1.165) is 31.8 Å². The highest BCUT2D eigenvalue weighted by Gasteiger charge is 2.25. The third-order valence-corrected chi connectivity index (χ3v) is 4.29. The minimum Gasteiger partial charge on any atom is -0.337 e. The van der Waals surface area contributed by atoms with Gasteiger partial charge < -0.3 is 14.8 Å². The number of likely N-dealkylation sites (tertiary alicyclic amines) is 1. The molecule has 1 N–H and O–H groups in total. The van der Waals surface area contributed by atoms with Crippen LogP contribution in [-0.2, 0) is 7.05 Å². The summed E-state index contributed by atoms with van der Waals surface area (Å²) in [5, 5.41) is 11.6. The van der Waals surface area contributed by atoms with Gasteiger partial charge in [0.15, 0.2) is 0 Å². The summed E-state index contributed by atoms with van der Waals surface area (Å²) in [7, 11) is 1.95. The number of nitrogens with zero attached hydrogens (tertiary/aromatic N) is 5. The minimum atomic E-state index is 0.0189. The van der Waals surface area contributed by atoms with Crippen LogP contribution in [0.4, 0.5) is 0 Å². The molecule has 7 nitrogen and oxygen atoms in total. The summed E-state index contributed by atoms with van der Waals surface area (Å²) in [6, 6.07) is 5.96. The van der Waals surface area contributed by atoms with Crippen molar-refractivity contribution in [1.29, 1.82) is 0 Å². The van der Waals surface area contributed by atoms with Crippen LogP contribution in [0.25, 0.3) is 0 Å². The molecule has 1 unspecified atom stereocenters. The Balaban J connectivity index is 1.53. The van der Waals surface area contributed by atoms with Gasteiger partial charge in [-0.15, -0.1) is 10.2 Å². The van der Waals surface area contributed by atoms with E-state index < -0.39 is 0 Å². The van der Waals surface area contributed by atoms with Crippen LogP contribution in [0.5, 0.6) is 0 Å². The van der Waals surface area contributed by atoms with Gasteiger partial charge in [-0.3, -0.25) is 9.78 Å². The van der Waals surface area contributed by atoms with Crippen LogP contribution in [0.1, 0.15) is 42.1 Å². The zero-order valence-electron chi connectivity index (χ0n) is 13.5. The SMILES string of the molecule is CC(NC1CCN(C(=O)c2ccccn2)CC1)c1nncn1C. The molecule has 2 aromatic rings. The number of aromatic nitrogens is 4. The molecule has 23 heavy (non-hydrogen) atoms. The van der Waals surface area contributed by atoms with E-state index in [4.69, 9.17) is 0 Å². The first kappa shape index (κ1) is 15.6. The Morgan fingerprint density at radius 1 is 1.35 bits per heavy atom. The molecule has 0 bridgehead atoms. The molecular formula is C16H22N6O. The highest BCUT2D eigenvalue weighted by atomic mass is 16.2. The fourth-order valence-corrected chi connectivity index (χ4v) is 3.01. The number of hydrogen-bond acceptors (Lipinski definition) is 5. The predicted molar refractivity (Wildman–Crippen MR) is 85.7 cm³/mol. The molecule has 0 aromatic carbocycles. The maximum atomic E-state index is 12.4. The molecule has 1 aliphatic rings. The van der Waals surface area contributed by atoms with Crippen molar-refractivity contribution in [3.8, 4) is 0 Å². The molecule has 0 aliphatic carbocycles. The molecule has 1 atom stereocenters. The maximum Gasteiger partial charge on any atom is 0.272 e. The normalized spacial score (nSPS) is 17.2. The second-order valence-corrected chi connectivity index (χ2v) is 5.97. The van der Waals surface area contributed by atoms with Crippen LogP contribution in [0.2, 0.25) is 0 Å². The molecule has 1 fully saturated rings. The largest absolute Gasteiger partial charge is 0.337 e. The number of hydrogen-bond donors (Lipinski definition) is 1. The van der Waals surface area contributed by atoms with Crippen LogP contribution in [0, 0.1) is 0 Å². The number of carbonyl (C=O) groups is 1. The van der Waals surface area contributed by atoms with Gasteiger partial charge >= 0.3 is 0 Å². The molecule has 3 rings (SSSR count). The van der Waals surface area contributed by atoms with E-state index in [0.29, 0.717) is 11.7 Å². The van der Waals surface area contributed by atoms with Crippen molar-refractivity contribution >= 4 is 5.91 Å². The number of rotatable bonds is 4. The van der Waals surface area contributed by atoms with Gasteiger partial charge in [0.2, 0.25) is 0 Å². The minimum absolute atomic E-state index is 0.0189. The van der Waals surface area contributed by atoms with Crippen molar-refractivity contribution in [2.75, 3.05) is 13.1 Å². The molecule has 2 aromatic heterocycles. The summed E-state index contributed by atoms with van der Waals surface area (Å²) in [5.41, 5.74) is 0.520. The van der Waals surface area contributed by atoms with E-state index >= 15 is 0 Å². The Morgan fingerprint density at radius 2 is 2.13 bits per heavy atom. The number of piperidine rings is 1. The molecular weight excluding hydrogens is 292 g/mol. The maximum absolute atomic E-state index is 12.4. The summed E-state index contributed by atoms with van der Waals surface area (Å²) in [4.78, 5) is 18.4. The molecule has 1 saturated heterocycles. The van der Waals surface area contributed by atoms with Gasteiger partial charge in [-0.1, -0.05) is 6.07 Å². The van der Waals surface area contributed by atoms with Gasteiger partial charge in [-0.05, 0) is 31.9 Å². The number of carbonyl (C=O) groups excluding carboxylic acids is 1. The molecule has 0 radical (unpaired) electrons. The van der Waals surface area contributed by atoms with Gasteiger partial charge in [0.1, 0.15) is 17.8 Å². The first-order valence-electron chi connectivity index (χ1n) is 7.95. The average molecular weight is 314 g/mol. The fraction of sp³-hybridized carbons (Fsp3) is 0.500. The van der Waals surface area contributed by atoms with E-state index in [1.807, 2.05) is 28.6 Å². The number of amides is 1. The van der Waals surface area contributed by atoms with Crippen molar-refractivity contribution in [2.24, 2.45) is 7.05 Å². The molecule has 1 aliphatic heterocycles. The van der Waals surface area contributed by atoms with Crippen molar-refractivity contribution in [2.45, 2.75) is 31.8 Å². The zero-order chi connectivity index (χ0) is 16.2. The van der Waals surface area contributed by atoms with Gasteiger partial charge in [0, 0.05) is 32.4 Å². The molecule has 0 spiro atoms. The van der Waals surface area contributed by atoms with Crippen molar-refractivity contribution < 1.29 is 4.79 Å². The topological polar surface area (TPSA) is 75.9 Å². The molecule has 1 amide bonds. The fourth-order valence-electron chi connectivity index (χ4n) is 3.01. The third-order valence-electron chi connectivity index (χ3n) is 4.29. The lowest BCUT2D eigenvalue weighted by Gasteiger charge is -2.33. The molecule has 3 heterocycles. The third kappa shape index (κ3) is 3.56. The second-order valence-electron chi connectivity index (χ2n) is 5.97. The highest BCUT2D eigenvalue weighted by Crippen LogP contribution is 2.17. The number of aryl methyl sites for hydroxylation is 1. The Labute approximate surface area is 135 Å². The number of pyridine rings is 1. The summed E-state index contributed by atoms with van der Waals surface area (Å²) >= 11 is 0. The Hall–Kier alpha value is -2.28. The molecule has 7 heteroatoms. The monoisotopic (exact) mass is 314 g/mol. The average Bonchev–Trinajstić information content (AvgIpc) is 3.02. The van der Waals surface area contributed by atoms with Crippen LogP contribution in [-0.4, -0.2) is 49.7 Å². The Kier molecular flexibility index (Phi) is 4.66. The first-order chi connectivity index (χ1) is 11.1. The van der Waals surface area contributed by atoms with Crippen LogP contribution in [0.3, 0.4) is 0 Å². The lowest BCUT2D eigenvalue weighted by molar-refractivity contribution is 0.0696. The smallest absolute Gasteiger partial charge is 0.272 e. The van der Waals surface area contributed by atoms with E-state index in [1.165, 1.54) is 0 Å². The highest BCUT2D eigenvalue weighted by molar-refractivity contribution is 5.92. The molecule has 0 saturated carbocycles. The van der Waals surface area contributed by atoms with Crippen LogP contribution < -0.4 is 5.32 Å². The van der Waals surface area contributed by atoms with Gasteiger partial charge in [0.05, 0.1) is 6.04 Å². The second kappa shape index (κ2) is 6.87. The zero-order valence-corrected chi connectivity index (χ0v) is 13.5. The van der Waals surface area contributed by atoms with Crippen molar-refractivity contribution in [3.05, 3.63) is 42.2 Å². The standard InChI is InChI=1S/C16H22N6O/c1-12(15-20-18-11-21(15)2)19-13-6-9-22(10-7-13)16(23)14-5-3-4-8-17-14/h3-5,8,11-13,19H,6-7,9-10H2,1-2H3. The lowest BCUT2D eigenvalue weighted by atomic mass is 10.0. The number of nitrogens with one attached hydrogen (secondary N) is 1. The van der Waals surface area contributed by atoms with Crippen molar-refractivity contribution in [3.63, 3.8) is 0 Å². The lowest BCUT2D eigenvalue weighted by Crippen LogP contribution is -2.45. The summed E-state index contributed by atoms with van der Waals surface area (Å²) in [6.07, 6.45) is 5.23. The van der Waals surface area contributed by atoms with E-state index in [2.05, 4.69) is 27.4 Å². The Bertz CT molecular complexity index is 648. The van der Waals surface area contributed by atoms with Gasteiger partial charge in [0.25, 0.3) is 5.91 Å². The van der Waals surface area contributed by atoms with E-state index in [1.54, 1.807) is 18.6 Å².